The molecule has 2 aromatic heterocycles. The number of morpholine rings is 1. The molecule has 1 aliphatic heterocycles. The first-order chi connectivity index (χ1) is 15.6. The molecular weight excluding hydrogens is 430 g/mol. The predicted molar refractivity (Wildman–Crippen MR) is 118 cm³/mol. The van der Waals surface area contributed by atoms with Crippen LogP contribution >= 0.6 is 11.6 Å². The number of ether oxygens (including phenoxy) is 1. The summed E-state index contributed by atoms with van der Waals surface area (Å²) in [6, 6.07) is 8.10. The van der Waals surface area contributed by atoms with Gasteiger partial charge < -0.3 is 15.4 Å². The van der Waals surface area contributed by atoms with Crippen LogP contribution in [0.25, 0.3) is 5.65 Å². The molecule has 3 heterocycles. The molecule has 10 nitrogen and oxygen atoms in total. The van der Waals surface area contributed by atoms with Gasteiger partial charge in [0.1, 0.15) is 6.07 Å². The Kier molecular flexibility index (Phi) is 5.50. The van der Waals surface area contributed by atoms with Gasteiger partial charge in [-0.05, 0) is 30.5 Å². The molecule has 2 fully saturated rings. The zero-order valence-corrected chi connectivity index (χ0v) is 17.9. The number of imidazole rings is 1. The van der Waals surface area contributed by atoms with Gasteiger partial charge in [0.15, 0.2) is 17.2 Å². The van der Waals surface area contributed by atoms with Crippen LogP contribution in [0.4, 0.5) is 17.5 Å². The lowest BCUT2D eigenvalue weighted by Gasteiger charge is -2.27. The number of aromatic nitrogens is 4. The summed E-state index contributed by atoms with van der Waals surface area (Å²) in [6.45, 7) is 3.59. The second kappa shape index (κ2) is 8.60. The molecule has 1 saturated carbocycles. The third-order valence-electron chi connectivity index (χ3n) is 5.42. The molecule has 3 aromatic rings. The SMILES string of the molecule is N#Cc1cc(CN2CCOCC2)c(Cl)c(Nc2nc(NC3CC3)c3ncc(C#N)n3n2)c1. The number of halogens is 1. The van der Waals surface area contributed by atoms with E-state index in [-0.39, 0.29) is 5.95 Å². The average molecular weight is 450 g/mol. The Morgan fingerprint density at radius 3 is 2.72 bits per heavy atom. The quantitative estimate of drug-likeness (QED) is 0.583. The molecule has 0 unspecified atom stereocenters. The lowest BCUT2D eigenvalue weighted by molar-refractivity contribution is 0.0342. The normalized spacial score (nSPS) is 16.5. The van der Waals surface area contributed by atoms with E-state index in [0.29, 0.717) is 59.2 Å². The Labute approximate surface area is 189 Å². The van der Waals surface area contributed by atoms with Gasteiger partial charge in [0, 0.05) is 25.7 Å². The number of nitriles is 2. The first-order valence-electron chi connectivity index (χ1n) is 10.4. The summed E-state index contributed by atoms with van der Waals surface area (Å²) < 4.78 is 6.87. The van der Waals surface area contributed by atoms with E-state index < -0.39 is 0 Å². The number of nitrogens with one attached hydrogen (secondary N) is 2. The van der Waals surface area contributed by atoms with Crippen molar-refractivity contribution in [2.24, 2.45) is 0 Å². The van der Waals surface area contributed by atoms with Crippen molar-refractivity contribution in [3.63, 3.8) is 0 Å². The fourth-order valence-corrected chi connectivity index (χ4v) is 3.82. The van der Waals surface area contributed by atoms with Crippen LogP contribution in [-0.2, 0) is 11.3 Å². The van der Waals surface area contributed by atoms with E-state index in [4.69, 9.17) is 16.3 Å². The first kappa shape index (κ1) is 20.5. The molecule has 5 rings (SSSR count). The minimum Gasteiger partial charge on any atom is -0.379 e. The standard InChI is InChI=1S/C21H20ClN9O/c22-18-14(12-30-3-5-32-6-4-30)7-13(9-23)8-17(18)27-21-28-19(26-15-1-2-15)20-25-11-16(10-24)31(20)29-21/h7-8,11,15H,1-6,12H2,(H2,26,27,28,29). The number of rotatable bonds is 6. The third-order valence-corrected chi connectivity index (χ3v) is 5.86. The Balaban J connectivity index is 1.50. The van der Waals surface area contributed by atoms with Crippen molar-refractivity contribution in [2.45, 2.75) is 25.4 Å². The highest BCUT2D eigenvalue weighted by Gasteiger charge is 2.24. The van der Waals surface area contributed by atoms with E-state index >= 15 is 0 Å². The highest BCUT2D eigenvalue weighted by atomic mass is 35.5. The molecule has 11 heteroatoms. The monoisotopic (exact) mass is 449 g/mol. The molecule has 0 bridgehead atoms. The smallest absolute Gasteiger partial charge is 0.247 e. The van der Waals surface area contributed by atoms with Crippen LogP contribution in [0.1, 0.15) is 29.7 Å². The molecule has 0 amide bonds. The van der Waals surface area contributed by atoms with E-state index in [1.54, 1.807) is 12.1 Å². The molecule has 1 aromatic carbocycles. The molecule has 1 aliphatic carbocycles. The lowest BCUT2D eigenvalue weighted by atomic mass is 10.1. The molecule has 1 saturated heterocycles. The van der Waals surface area contributed by atoms with Crippen molar-refractivity contribution >= 4 is 34.7 Å². The van der Waals surface area contributed by atoms with Gasteiger partial charge in [-0.15, -0.1) is 5.10 Å². The molecule has 0 radical (unpaired) electrons. The van der Waals surface area contributed by atoms with Crippen molar-refractivity contribution < 1.29 is 4.74 Å². The maximum Gasteiger partial charge on any atom is 0.247 e. The van der Waals surface area contributed by atoms with Gasteiger partial charge in [0.2, 0.25) is 5.95 Å². The zero-order valence-electron chi connectivity index (χ0n) is 17.2. The number of hydrogen-bond donors (Lipinski definition) is 2. The molecule has 0 atom stereocenters. The fraction of sp³-hybridized carbons (Fsp3) is 0.381. The van der Waals surface area contributed by atoms with Crippen LogP contribution in [-0.4, -0.2) is 56.8 Å². The van der Waals surface area contributed by atoms with Crippen molar-refractivity contribution in [1.29, 1.82) is 10.5 Å². The van der Waals surface area contributed by atoms with Gasteiger partial charge in [0.05, 0.1) is 41.8 Å². The zero-order chi connectivity index (χ0) is 22.1. The van der Waals surface area contributed by atoms with Gasteiger partial charge in [0.25, 0.3) is 0 Å². The van der Waals surface area contributed by atoms with Crippen molar-refractivity contribution in [3.8, 4) is 12.1 Å². The van der Waals surface area contributed by atoms with Crippen LogP contribution in [0.5, 0.6) is 0 Å². The van der Waals surface area contributed by atoms with Gasteiger partial charge in [-0.25, -0.2) is 4.98 Å². The molecule has 2 aliphatic rings. The summed E-state index contributed by atoms with van der Waals surface area (Å²) in [7, 11) is 0. The summed E-state index contributed by atoms with van der Waals surface area (Å²) in [5.41, 5.74) is 2.65. The van der Waals surface area contributed by atoms with Gasteiger partial charge in [-0.1, -0.05) is 11.6 Å². The number of anilines is 3. The second-order valence-corrected chi connectivity index (χ2v) is 8.19. The molecular formula is C21H20ClN9O. The summed E-state index contributed by atoms with van der Waals surface area (Å²) in [5.74, 6) is 0.803. The maximum atomic E-state index is 9.54. The Hall–Kier alpha value is -3.44. The number of benzene rings is 1. The molecule has 2 N–H and O–H groups in total. The van der Waals surface area contributed by atoms with Crippen LogP contribution in [0.3, 0.4) is 0 Å². The largest absolute Gasteiger partial charge is 0.379 e. The Morgan fingerprint density at radius 1 is 1.19 bits per heavy atom. The van der Waals surface area contributed by atoms with E-state index in [0.717, 1.165) is 31.5 Å². The minimum absolute atomic E-state index is 0.254. The summed E-state index contributed by atoms with van der Waals surface area (Å²) >= 11 is 6.72. The minimum atomic E-state index is 0.254. The summed E-state index contributed by atoms with van der Waals surface area (Å²) in [6.07, 6.45) is 3.59. The number of hydrogen-bond acceptors (Lipinski definition) is 9. The van der Waals surface area contributed by atoms with Gasteiger partial charge >= 0.3 is 0 Å². The topological polar surface area (TPSA) is 127 Å². The van der Waals surface area contributed by atoms with Crippen LogP contribution in [0.2, 0.25) is 5.02 Å². The molecule has 162 valence electrons. The summed E-state index contributed by atoms with van der Waals surface area (Å²) in [5, 5.41) is 30.4. The van der Waals surface area contributed by atoms with Crippen LogP contribution < -0.4 is 10.6 Å². The first-order valence-corrected chi connectivity index (χ1v) is 10.7. The van der Waals surface area contributed by atoms with Crippen LogP contribution in [0.15, 0.2) is 18.3 Å². The highest BCUT2D eigenvalue weighted by Crippen LogP contribution is 2.32. The van der Waals surface area contributed by atoms with Gasteiger partial charge in [-0.2, -0.15) is 20.0 Å². The van der Waals surface area contributed by atoms with E-state index in [9.17, 15) is 10.5 Å². The maximum absolute atomic E-state index is 9.54. The van der Waals surface area contributed by atoms with E-state index in [2.05, 4.69) is 42.7 Å². The van der Waals surface area contributed by atoms with Crippen molar-refractivity contribution in [2.75, 3.05) is 36.9 Å². The van der Waals surface area contributed by atoms with Crippen molar-refractivity contribution in [3.05, 3.63) is 40.2 Å². The fourth-order valence-electron chi connectivity index (χ4n) is 3.60. The highest BCUT2D eigenvalue weighted by molar-refractivity contribution is 6.34. The Bertz CT molecular complexity index is 1250. The summed E-state index contributed by atoms with van der Waals surface area (Å²) in [4.78, 5) is 11.1. The van der Waals surface area contributed by atoms with E-state index in [1.165, 1.54) is 10.7 Å². The molecule has 0 spiro atoms. The third kappa shape index (κ3) is 4.16. The lowest BCUT2D eigenvalue weighted by Crippen LogP contribution is -2.35. The van der Waals surface area contributed by atoms with Crippen LogP contribution in [0, 0.1) is 22.7 Å². The van der Waals surface area contributed by atoms with Gasteiger partial charge in [-0.3, -0.25) is 4.90 Å². The Morgan fingerprint density at radius 2 is 2.00 bits per heavy atom. The second-order valence-electron chi connectivity index (χ2n) is 7.82. The number of nitrogens with zero attached hydrogens (tertiary/aromatic N) is 7. The van der Waals surface area contributed by atoms with E-state index in [1.807, 2.05) is 0 Å². The van der Waals surface area contributed by atoms with Crippen molar-refractivity contribution in [1.82, 2.24) is 24.5 Å². The predicted octanol–water partition coefficient (Wildman–Crippen LogP) is 2.67. The average Bonchev–Trinajstić information content (AvgIpc) is 3.53. The molecule has 32 heavy (non-hydrogen) atoms. The number of fused-ring (bicyclic) bond motifs is 1.